The number of hydrogen-bond acceptors (Lipinski definition) is 4. The molecule has 0 radical (unpaired) electrons. The van der Waals surface area contributed by atoms with Crippen molar-refractivity contribution in [2.45, 2.75) is 13.5 Å². The lowest BCUT2D eigenvalue weighted by atomic mass is 10.1. The van der Waals surface area contributed by atoms with Crippen LogP contribution in [0, 0.1) is 22.9 Å². The Labute approximate surface area is 121 Å². The van der Waals surface area contributed by atoms with Crippen molar-refractivity contribution in [1.82, 2.24) is 0 Å². The van der Waals surface area contributed by atoms with Gasteiger partial charge in [-0.25, -0.2) is 4.39 Å². The van der Waals surface area contributed by atoms with E-state index in [1.165, 1.54) is 7.11 Å². The Bertz CT molecular complexity index is 673. The minimum Gasteiger partial charge on any atom is -0.496 e. The number of aryl methyl sites for hydroxylation is 1. The molecule has 0 aliphatic carbocycles. The van der Waals surface area contributed by atoms with Crippen molar-refractivity contribution in [3.63, 3.8) is 0 Å². The van der Waals surface area contributed by atoms with Crippen LogP contribution in [0.4, 0.5) is 10.1 Å². The standard InChI is InChI=1S/C15H14FNO4/c1-10-3-6-14(20-2)11(7-10)9-21-15-8-12(16)4-5-13(15)17(18)19/h3-8H,9H2,1-2H3. The van der Waals surface area contributed by atoms with E-state index in [2.05, 4.69) is 0 Å². The van der Waals surface area contributed by atoms with Crippen LogP contribution in [0.25, 0.3) is 0 Å². The fraction of sp³-hybridized carbons (Fsp3) is 0.200. The first-order valence-electron chi connectivity index (χ1n) is 6.21. The summed E-state index contributed by atoms with van der Waals surface area (Å²) < 4.78 is 23.8. The zero-order valence-corrected chi connectivity index (χ0v) is 11.6. The number of nitro benzene ring substituents is 1. The molecule has 0 aliphatic heterocycles. The van der Waals surface area contributed by atoms with Gasteiger partial charge in [0, 0.05) is 17.7 Å². The normalized spacial score (nSPS) is 10.2. The third-order valence-corrected chi connectivity index (χ3v) is 2.94. The van der Waals surface area contributed by atoms with Gasteiger partial charge in [-0.1, -0.05) is 11.6 Å². The SMILES string of the molecule is COc1ccc(C)cc1COc1cc(F)ccc1[N+](=O)[O-]. The maximum absolute atomic E-state index is 13.2. The van der Waals surface area contributed by atoms with Crippen LogP contribution in [-0.2, 0) is 6.61 Å². The second-order valence-corrected chi connectivity index (χ2v) is 4.47. The number of rotatable bonds is 5. The van der Waals surface area contributed by atoms with Gasteiger partial charge in [0.1, 0.15) is 18.2 Å². The number of hydrogen-bond donors (Lipinski definition) is 0. The van der Waals surface area contributed by atoms with Crippen LogP contribution in [0.5, 0.6) is 11.5 Å². The Morgan fingerprint density at radius 3 is 2.62 bits per heavy atom. The summed E-state index contributed by atoms with van der Waals surface area (Å²) in [6.45, 7) is 1.96. The summed E-state index contributed by atoms with van der Waals surface area (Å²) >= 11 is 0. The average Bonchev–Trinajstić information content (AvgIpc) is 2.45. The van der Waals surface area contributed by atoms with Crippen LogP contribution in [-0.4, -0.2) is 12.0 Å². The molecule has 2 aromatic rings. The fourth-order valence-electron chi connectivity index (χ4n) is 1.93. The zero-order chi connectivity index (χ0) is 15.4. The van der Waals surface area contributed by atoms with Gasteiger partial charge in [-0.2, -0.15) is 0 Å². The molecule has 110 valence electrons. The summed E-state index contributed by atoms with van der Waals surface area (Å²) in [6.07, 6.45) is 0. The van der Waals surface area contributed by atoms with Crippen molar-refractivity contribution in [2.24, 2.45) is 0 Å². The van der Waals surface area contributed by atoms with Gasteiger partial charge in [0.05, 0.1) is 12.0 Å². The Morgan fingerprint density at radius 1 is 1.19 bits per heavy atom. The van der Waals surface area contributed by atoms with Crippen LogP contribution in [0.3, 0.4) is 0 Å². The Hall–Kier alpha value is -2.63. The zero-order valence-electron chi connectivity index (χ0n) is 11.6. The van der Waals surface area contributed by atoms with Gasteiger partial charge >= 0.3 is 5.69 Å². The van der Waals surface area contributed by atoms with Gasteiger partial charge in [-0.15, -0.1) is 0 Å². The third-order valence-electron chi connectivity index (χ3n) is 2.94. The molecule has 0 aromatic heterocycles. The third kappa shape index (κ3) is 3.47. The molecule has 0 fully saturated rings. The van der Waals surface area contributed by atoms with Gasteiger partial charge in [-0.05, 0) is 25.1 Å². The van der Waals surface area contributed by atoms with E-state index in [1.54, 1.807) is 6.07 Å². The van der Waals surface area contributed by atoms with Gasteiger partial charge in [-0.3, -0.25) is 10.1 Å². The minimum absolute atomic E-state index is 0.0507. The van der Waals surface area contributed by atoms with Crippen molar-refractivity contribution in [1.29, 1.82) is 0 Å². The minimum atomic E-state index is -0.609. The highest BCUT2D eigenvalue weighted by molar-refractivity contribution is 5.46. The topological polar surface area (TPSA) is 61.6 Å². The van der Waals surface area contributed by atoms with E-state index in [0.717, 1.165) is 29.3 Å². The van der Waals surface area contributed by atoms with Gasteiger partial charge in [0.25, 0.3) is 0 Å². The van der Waals surface area contributed by atoms with Crippen molar-refractivity contribution in [3.05, 3.63) is 63.5 Å². The first-order valence-corrected chi connectivity index (χ1v) is 6.21. The second-order valence-electron chi connectivity index (χ2n) is 4.47. The number of methoxy groups -OCH3 is 1. The van der Waals surface area contributed by atoms with Crippen molar-refractivity contribution in [2.75, 3.05) is 7.11 Å². The van der Waals surface area contributed by atoms with Gasteiger partial charge < -0.3 is 9.47 Å². The van der Waals surface area contributed by atoms with Crippen LogP contribution in [0.15, 0.2) is 36.4 Å². The molecule has 0 heterocycles. The molecule has 2 aromatic carbocycles. The lowest BCUT2D eigenvalue weighted by molar-refractivity contribution is -0.386. The molecule has 0 amide bonds. The largest absolute Gasteiger partial charge is 0.496 e. The molecule has 0 atom stereocenters. The molecular formula is C15H14FNO4. The van der Waals surface area contributed by atoms with Crippen molar-refractivity contribution >= 4 is 5.69 Å². The number of ether oxygens (including phenoxy) is 2. The monoisotopic (exact) mass is 291 g/mol. The molecule has 0 unspecified atom stereocenters. The predicted octanol–water partition coefficient (Wildman–Crippen LogP) is 3.63. The molecule has 0 saturated heterocycles. The smallest absolute Gasteiger partial charge is 0.311 e. The first kappa shape index (κ1) is 14.8. The summed E-state index contributed by atoms with van der Waals surface area (Å²) in [5, 5.41) is 10.9. The highest BCUT2D eigenvalue weighted by atomic mass is 19.1. The summed E-state index contributed by atoms with van der Waals surface area (Å²) in [7, 11) is 1.53. The molecule has 5 nitrogen and oxygen atoms in total. The maximum atomic E-state index is 13.2. The van der Waals surface area contributed by atoms with E-state index in [0.29, 0.717) is 5.75 Å². The summed E-state index contributed by atoms with van der Waals surface area (Å²) in [6, 6.07) is 8.63. The molecule has 0 spiro atoms. The number of halogens is 1. The van der Waals surface area contributed by atoms with E-state index in [4.69, 9.17) is 9.47 Å². The van der Waals surface area contributed by atoms with E-state index < -0.39 is 10.7 Å². The van der Waals surface area contributed by atoms with Crippen molar-refractivity contribution < 1.29 is 18.8 Å². The van der Waals surface area contributed by atoms with Gasteiger partial charge in [0.2, 0.25) is 0 Å². The number of nitrogens with zero attached hydrogens (tertiary/aromatic N) is 1. The number of benzene rings is 2. The average molecular weight is 291 g/mol. The Balaban J connectivity index is 2.26. The number of nitro groups is 1. The highest BCUT2D eigenvalue weighted by Crippen LogP contribution is 2.29. The van der Waals surface area contributed by atoms with E-state index in [1.807, 2.05) is 19.1 Å². The lowest BCUT2D eigenvalue weighted by Gasteiger charge is -2.11. The van der Waals surface area contributed by atoms with Crippen LogP contribution < -0.4 is 9.47 Å². The van der Waals surface area contributed by atoms with Gasteiger partial charge in [0.15, 0.2) is 5.75 Å². The summed E-state index contributed by atoms with van der Waals surface area (Å²) in [5.41, 5.74) is 1.46. The molecule has 0 N–H and O–H groups in total. The lowest BCUT2D eigenvalue weighted by Crippen LogP contribution is -2.02. The van der Waals surface area contributed by atoms with Crippen molar-refractivity contribution in [3.8, 4) is 11.5 Å². The second kappa shape index (κ2) is 6.21. The van der Waals surface area contributed by atoms with E-state index >= 15 is 0 Å². The fourth-order valence-corrected chi connectivity index (χ4v) is 1.93. The molecule has 0 aliphatic rings. The van der Waals surface area contributed by atoms with Crippen LogP contribution in [0.1, 0.15) is 11.1 Å². The summed E-state index contributed by atoms with van der Waals surface area (Å²) in [5.74, 6) is -0.0879. The Kier molecular flexibility index (Phi) is 4.37. The molecule has 6 heteroatoms. The quantitative estimate of drug-likeness (QED) is 0.623. The van der Waals surface area contributed by atoms with Crippen LogP contribution >= 0.6 is 0 Å². The summed E-state index contributed by atoms with van der Waals surface area (Å²) in [4.78, 5) is 10.3. The molecule has 0 saturated carbocycles. The first-order chi connectivity index (χ1) is 10.0. The Morgan fingerprint density at radius 2 is 1.95 bits per heavy atom. The van der Waals surface area contributed by atoms with E-state index in [9.17, 15) is 14.5 Å². The predicted molar refractivity (Wildman–Crippen MR) is 75.1 cm³/mol. The molecule has 2 rings (SSSR count). The molecule has 21 heavy (non-hydrogen) atoms. The highest BCUT2D eigenvalue weighted by Gasteiger charge is 2.16. The van der Waals surface area contributed by atoms with E-state index in [-0.39, 0.29) is 18.0 Å². The molecule has 0 bridgehead atoms. The maximum Gasteiger partial charge on any atom is 0.311 e. The van der Waals surface area contributed by atoms with Crippen LogP contribution in [0.2, 0.25) is 0 Å². The molecular weight excluding hydrogens is 277 g/mol.